The first-order valence-corrected chi connectivity index (χ1v) is 4.34. The number of nitrogens with zero attached hydrogens (tertiary/aromatic N) is 3. The lowest BCUT2D eigenvalue weighted by Gasteiger charge is -2.12. The van der Waals surface area contributed by atoms with E-state index < -0.39 is 0 Å². The monoisotopic (exact) mass is 184 g/mol. The lowest BCUT2D eigenvalue weighted by atomic mass is 10.5. The van der Waals surface area contributed by atoms with E-state index in [4.69, 9.17) is 4.42 Å². The Bertz CT molecular complexity index is 248. The second-order valence-electron chi connectivity index (χ2n) is 3.06. The minimum atomic E-state index is 0.622. The summed E-state index contributed by atoms with van der Waals surface area (Å²) >= 11 is 0. The van der Waals surface area contributed by atoms with Gasteiger partial charge in [0.25, 0.3) is 0 Å². The van der Waals surface area contributed by atoms with E-state index in [0.717, 1.165) is 13.1 Å². The van der Waals surface area contributed by atoms with Gasteiger partial charge >= 0.3 is 0 Å². The summed E-state index contributed by atoms with van der Waals surface area (Å²) in [7, 11) is 3.96. The molecule has 1 rings (SSSR count). The number of hydrogen-bond donors (Lipinski definition) is 1. The van der Waals surface area contributed by atoms with Crippen LogP contribution in [0.4, 0.5) is 0 Å². The molecular formula is C8H16N4O. The Labute approximate surface area is 78.1 Å². The third-order valence-corrected chi connectivity index (χ3v) is 1.72. The highest BCUT2D eigenvalue weighted by molar-refractivity contribution is 4.78. The van der Waals surface area contributed by atoms with Crippen LogP contribution in [-0.2, 0) is 6.54 Å². The van der Waals surface area contributed by atoms with E-state index >= 15 is 0 Å². The summed E-state index contributed by atoms with van der Waals surface area (Å²) in [6, 6.07) is 0. The molecule has 0 aliphatic carbocycles. The highest BCUT2D eigenvalue weighted by atomic mass is 16.4. The summed E-state index contributed by atoms with van der Waals surface area (Å²) in [5.74, 6) is 1.30. The number of rotatable bonds is 5. The van der Waals surface area contributed by atoms with E-state index in [-0.39, 0.29) is 0 Å². The molecule has 74 valence electrons. The maximum Gasteiger partial charge on any atom is 0.230 e. The molecule has 0 aliphatic rings. The average molecular weight is 184 g/mol. The number of nitrogens with one attached hydrogen (secondary N) is 1. The Balaban J connectivity index is 2.31. The van der Waals surface area contributed by atoms with Crippen molar-refractivity contribution in [1.29, 1.82) is 0 Å². The molecule has 0 saturated heterocycles. The second-order valence-corrected chi connectivity index (χ2v) is 3.06. The highest BCUT2D eigenvalue weighted by Gasteiger charge is 2.05. The van der Waals surface area contributed by atoms with Crippen molar-refractivity contribution in [3.63, 3.8) is 0 Å². The Morgan fingerprint density at radius 1 is 1.46 bits per heavy atom. The van der Waals surface area contributed by atoms with Gasteiger partial charge in [0.1, 0.15) is 0 Å². The molecule has 0 aliphatic heterocycles. The Morgan fingerprint density at radius 2 is 2.23 bits per heavy atom. The molecule has 13 heavy (non-hydrogen) atoms. The van der Waals surface area contributed by atoms with E-state index in [2.05, 4.69) is 20.4 Å². The molecule has 0 bridgehead atoms. The topological polar surface area (TPSA) is 54.2 Å². The zero-order chi connectivity index (χ0) is 9.68. The van der Waals surface area contributed by atoms with Crippen molar-refractivity contribution in [2.45, 2.75) is 13.5 Å². The average Bonchev–Trinajstić information content (AvgIpc) is 2.48. The predicted octanol–water partition coefficient (Wildman–Crippen LogP) is 0.0292. The van der Waals surface area contributed by atoms with E-state index in [1.54, 1.807) is 6.92 Å². The van der Waals surface area contributed by atoms with Crippen molar-refractivity contribution in [3.05, 3.63) is 11.8 Å². The normalized spacial score (nSPS) is 11.1. The van der Waals surface area contributed by atoms with Crippen molar-refractivity contribution < 1.29 is 4.42 Å². The third kappa shape index (κ3) is 3.52. The van der Waals surface area contributed by atoms with Gasteiger partial charge in [-0.15, -0.1) is 10.2 Å². The first-order valence-electron chi connectivity index (χ1n) is 4.34. The lowest BCUT2D eigenvalue weighted by molar-refractivity contribution is 0.287. The molecule has 0 aromatic carbocycles. The molecule has 0 spiro atoms. The first-order chi connectivity index (χ1) is 6.22. The van der Waals surface area contributed by atoms with Crippen molar-refractivity contribution in [1.82, 2.24) is 20.4 Å². The van der Waals surface area contributed by atoms with Gasteiger partial charge in [0.05, 0.1) is 6.54 Å². The van der Waals surface area contributed by atoms with Crippen LogP contribution < -0.4 is 5.32 Å². The number of likely N-dealkylation sites (N-methyl/N-ethyl adjacent to an activating group) is 2. The third-order valence-electron chi connectivity index (χ3n) is 1.72. The van der Waals surface area contributed by atoms with Crippen molar-refractivity contribution in [2.24, 2.45) is 0 Å². The fourth-order valence-electron chi connectivity index (χ4n) is 1.01. The van der Waals surface area contributed by atoms with Crippen LogP contribution >= 0.6 is 0 Å². The SMILES string of the molecule is CNCCN(C)Cc1nnc(C)o1. The van der Waals surface area contributed by atoms with Gasteiger partial charge in [-0.05, 0) is 14.1 Å². The molecule has 1 N–H and O–H groups in total. The quantitative estimate of drug-likeness (QED) is 0.699. The lowest BCUT2D eigenvalue weighted by Crippen LogP contribution is -2.27. The molecule has 0 unspecified atom stereocenters. The van der Waals surface area contributed by atoms with Crippen LogP contribution in [0.2, 0.25) is 0 Å². The van der Waals surface area contributed by atoms with E-state index in [0.29, 0.717) is 18.3 Å². The molecule has 1 heterocycles. The van der Waals surface area contributed by atoms with Crippen molar-refractivity contribution >= 4 is 0 Å². The van der Waals surface area contributed by atoms with Gasteiger partial charge in [0, 0.05) is 20.0 Å². The van der Waals surface area contributed by atoms with Crippen molar-refractivity contribution in [3.8, 4) is 0 Å². The fourth-order valence-corrected chi connectivity index (χ4v) is 1.01. The highest BCUT2D eigenvalue weighted by Crippen LogP contribution is 2.00. The predicted molar refractivity (Wildman–Crippen MR) is 49.3 cm³/mol. The summed E-state index contributed by atoms with van der Waals surface area (Å²) in [6.45, 7) is 4.44. The van der Waals surface area contributed by atoms with Gasteiger partial charge in [-0.3, -0.25) is 4.90 Å². The van der Waals surface area contributed by atoms with Crippen molar-refractivity contribution in [2.75, 3.05) is 27.2 Å². The number of aromatic nitrogens is 2. The molecule has 0 fully saturated rings. The smallest absolute Gasteiger partial charge is 0.230 e. The Morgan fingerprint density at radius 3 is 2.77 bits per heavy atom. The van der Waals surface area contributed by atoms with Gasteiger partial charge in [-0.1, -0.05) is 0 Å². The van der Waals surface area contributed by atoms with Gasteiger partial charge in [0.2, 0.25) is 11.8 Å². The fraction of sp³-hybridized carbons (Fsp3) is 0.750. The molecule has 0 radical (unpaired) electrons. The molecule has 0 atom stereocenters. The Hall–Kier alpha value is -0.940. The van der Waals surface area contributed by atoms with Gasteiger partial charge in [-0.25, -0.2) is 0 Å². The van der Waals surface area contributed by atoms with Gasteiger partial charge in [0.15, 0.2) is 0 Å². The molecule has 1 aromatic heterocycles. The molecule has 5 heteroatoms. The summed E-state index contributed by atoms with van der Waals surface area (Å²) in [5.41, 5.74) is 0. The Kier molecular flexibility index (Phi) is 3.85. The van der Waals surface area contributed by atoms with Crippen LogP contribution in [0.3, 0.4) is 0 Å². The summed E-state index contributed by atoms with van der Waals surface area (Å²) < 4.78 is 5.25. The van der Waals surface area contributed by atoms with Crippen LogP contribution in [0.1, 0.15) is 11.8 Å². The molecular weight excluding hydrogens is 168 g/mol. The van der Waals surface area contributed by atoms with Crippen LogP contribution in [0.5, 0.6) is 0 Å². The van der Waals surface area contributed by atoms with Crippen LogP contribution in [-0.4, -0.2) is 42.3 Å². The number of aryl methyl sites for hydroxylation is 1. The molecule has 0 amide bonds. The second kappa shape index (κ2) is 4.94. The minimum absolute atomic E-state index is 0.622. The van der Waals surface area contributed by atoms with E-state index in [1.165, 1.54) is 0 Å². The van der Waals surface area contributed by atoms with E-state index in [9.17, 15) is 0 Å². The number of hydrogen-bond acceptors (Lipinski definition) is 5. The largest absolute Gasteiger partial charge is 0.424 e. The summed E-state index contributed by atoms with van der Waals surface area (Å²) in [6.07, 6.45) is 0. The zero-order valence-corrected chi connectivity index (χ0v) is 8.37. The van der Waals surface area contributed by atoms with Crippen LogP contribution in [0, 0.1) is 6.92 Å². The zero-order valence-electron chi connectivity index (χ0n) is 8.37. The van der Waals surface area contributed by atoms with Crippen LogP contribution in [0.15, 0.2) is 4.42 Å². The maximum atomic E-state index is 5.25. The summed E-state index contributed by atoms with van der Waals surface area (Å²) in [5, 5.41) is 10.8. The van der Waals surface area contributed by atoms with Gasteiger partial charge < -0.3 is 9.73 Å². The standard InChI is InChI=1S/C8H16N4O/c1-7-10-11-8(13-7)6-12(3)5-4-9-2/h9H,4-6H2,1-3H3. The van der Waals surface area contributed by atoms with Crippen LogP contribution in [0.25, 0.3) is 0 Å². The minimum Gasteiger partial charge on any atom is -0.424 e. The first kappa shape index (κ1) is 10.1. The van der Waals surface area contributed by atoms with Gasteiger partial charge in [-0.2, -0.15) is 0 Å². The van der Waals surface area contributed by atoms with E-state index in [1.807, 2.05) is 14.1 Å². The molecule has 1 aromatic rings. The maximum absolute atomic E-state index is 5.25. The molecule has 5 nitrogen and oxygen atoms in total. The summed E-state index contributed by atoms with van der Waals surface area (Å²) in [4.78, 5) is 2.13. The molecule has 0 saturated carbocycles.